The lowest BCUT2D eigenvalue weighted by Gasteiger charge is -2.23. The van der Waals surface area contributed by atoms with Gasteiger partial charge < -0.3 is 18.8 Å². The molecule has 0 N–H and O–H groups in total. The second-order valence-corrected chi connectivity index (χ2v) is 6.91. The highest BCUT2D eigenvalue weighted by Crippen LogP contribution is 2.31. The van der Waals surface area contributed by atoms with Gasteiger partial charge in [0.2, 0.25) is 6.10 Å². The van der Waals surface area contributed by atoms with Crippen molar-refractivity contribution in [3.63, 3.8) is 0 Å². The van der Waals surface area contributed by atoms with E-state index in [-0.39, 0.29) is 12.5 Å². The van der Waals surface area contributed by atoms with Crippen molar-refractivity contribution >= 4 is 27.5 Å². The average molecular weight is 382 g/mol. The van der Waals surface area contributed by atoms with Crippen molar-refractivity contribution in [3.8, 4) is 17.2 Å². The number of rotatable bonds is 4. The van der Waals surface area contributed by atoms with E-state index in [4.69, 9.17) is 14.2 Å². The van der Waals surface area contributed by atoms with Gasteiger partial charge in [-0.05, 0) is 24.3 Å². The molecule has 0 unspecified atom stereocenters. The van der Waals surface area contributed by atoms with Gasteiger partial charge in [-0.15, -0.1) is 6.58 Å². The molecule has 0 spiro atoms. The molecule has 0 bridgehead atoms. The summed E-state index contributed by atoms with van der Waals surface area (Å²) in [6, 6.07) is 13.0. The van der Waals surface area contributed by atoms with Crippen LogP contribution in [0.2, 0.25) is 0 Å². The maximum absolute atomic E-state index is 12.7. The van der Waals surface area contributed by atoms with Crippen LogP contribution in [0.3, 0.4) is 0 Å². The van der Waals surface area contributed by atoms with Crippen molar-refractivity contribution in [2.75, 3.05) is 13.7 Å². The molecular weight excluding hydrogens is 364 g/mol. The maximum Gasteiger partial charge on any atom is 0.292 e. The number of thiazole rings is 1. The van der Waals surface area contributed by atoms with Gasteiger partial charge in [0, 0.05) is 6.54 Å². The minimum atomic E-state index is -0.774. The fourth-order valence-electron chi connectivity index (χ4n) is 2.95. The Morgan fingerprint density at radius 3 is 2.93 bits per heavy atom. The Hall–Kier alpha value is -3.06. The standard InChI is InChI=1S/C20H18N2O4S/c1-3-11-22-18-15(24-2)9-6-10-17(18)27-20(22)21-19(23)16-12-25-13-7-4-5-8-14(13)26-16/h3-10,16H,1,11-12H2,2H3/t16-/m0/s1. The van der Waals surface area contributed by atoms with Crippen molar-refractivity contribution < 1.29 is 19.0 Å². The largest absolute Gasteiger partial charge is 0.495 e. The Bertz CT molecular complexity index is 1080. The number of methoxy groups -OCH3 is 1. The van der Waals surface area contributed by atoms with Gasteiger partial charge in [-0.3, -0.25) is 4.79 Å². The summed E-state index contributed by atoms with van der Waals surface area (Å²) in [7, 11) is 1.62. The van der Waals surface area contributed by atoms with Crippen molar-refractivity contribution in [1.29, 1.82) is 0 Å². The molecule has 138 valence electrons. The van der Waals surface area contributed by atoms with E-state index < -0.39 is 6.10 Å². The van der Waals surface area contributed by atoms with Crippen LogP contribution in [0.4, 0.5) is 0 Å². The molecule has 1 aromatic heterocycles. The van der Waals surface area contributed by atoms with E-state index in [1.54, 1.807) is 19.3 Å². The zero-order valence-corrected chi connectivity index (χ0v) is 15.6. The van der Waals surface area contributed by atoms with Crippen LogP contribution < -0.4 is 19.0 Å². The lowest BCUT2D eigenvalue weighted by atomic mass is 10.2. The molecule has 1 atom stereocenters. The highest BCUT2D eigenvalue weighted by Gasteiger charge is 2.27. The summed E-state index contributed by atoms with van der Waals surface area (Å²) >= 11 is 1.42. The van der Waals surface area contributed by atoms with Crippen LogP contribution >= 0.6 is 11.3 Å². The number of ether oxygens (including phenoxy) is 3. The van der Waals surface area contributed by atoms with Gasteiger partial charge in [0.1, 0.15) is 17.9 Å². The summed E-state index contributed by atoms with van der Waals surface area (Å²) < 4.78 is 19.8. The molecule has 0 fully saturated rings. The zero-order valence-electron chi connectivity index (χ0n) is 14.8. The first kappa shape index (κ1) is 17.4. The number of aromatic nitrogens is 1. The molecular formula is C20H18N2O4S. The lowest BCUT2D eigenvalue weighted by Crippen LogP contribution is -2.36. The number of allylic oxidation sites excluding steroid dienone is 1. The summed E-state index contributed by atoms with van der Waals surface area (Å²) in [5, 5.41) is 0. The van der Waals surface area contributed by atoms with Gasteiger partial charge in [-0.25, -0.2) is 0 Å². The number of carbonyl (C=O) groups excluding carboxylic acids is 1. The third kappa shape index (κ3) is 3.21. The molecule has 0 aliphatic carbocycles. The number of fused-ring (bicyclic) bond motifs is 2. The maximum atomic E-state index is 12.7. The van der Waals surface area contributed by atoms with Crippen LogP contribution in [-0.2, 0) is 11.3 Å². The molecule has 2 aromatic carbocycles. The first-order valence-electron chi connectivity index (χ1n) is 8.45. The molecule has 1 aliphatic rings. The molecule has 7 heteroatoms. The molecule has 6 nitrogen and oxygen atoms in total. The van der Waals surface area contributed by atoms with E-state index in [2.05, 4.69) is 11.6 Å². The van der Waals surface area contributed by atoms with Gasteiger partial charge >= 0.3 is 0 Å². The van der Waals surface area contributed by atoms with Crippen molar-refractivity contribution in [1.82, 2.24) is 4.57 Å². The number of hydrogen-bond acceptors (Lipinski definition) is 5. The monoisotopic (exact) mass is 382 g/mol. The molecule has 0 saturated heterocycles. The van der Waals surface area contributed by atoms with Gasteiger partial charge in [0.25, 0.3) is 5.91 Å². The van der Waals surface area contributed by atoms with E-state index in [0.29, 0.717) is 22.8 Å². The van der Waals surface area contributed by atoms with Crippen molar-refractivity contribution in [2.45, 2.75) is 12.6 Å². The minimum Gasteiger partial charge on any atom is -0.495 e. The molecule has 1 amide bonds. The van der Waals surface area contributed by atoms with Crippen LogP contribution in [0.5, 0.6) is 17.2 Å². The highest BCUT2D eigenvalue weighted by atomic mass is 32.1. The van der Waals surface area contributed by atoms with Gasteiger partial charge in [0.05, 0.1) is 11.8 Å². The van der Waals surface area contributed by atoms with Crippen LogP contribution in [-0.4, -0.2) is 30.3 Å². The third-order valence-electron chi connectivity index (χ3n) is 4.19. The number of amides is 1. The predicted octanol–water partition coefficient (Wildman–Crippen LogP) is 3.16. The molecule has 3 aromatic rings. The Kier molecular flexibility index (Phi) is 4.68. The summed E-state index contributed by atoms with van der Waals surface area (Å²) in [4.78, 5) is 17.6. The smallest absolute Gasteiger partial charge is 0.292 e. The fraction of sp³-hybridized carbons (Fsp3) is 0.200. The molecule has 27 heavy (non-hydrogen) atoms. The number of nitrogens with zero attached hydrogens (tertiary/aromatic N) is 2. The first-order valence-corrected chi connectivity index (χ1v) is 9.27. The number of hydrogen-bond donors (Lipinski definition) is 0. The molecule has 0 saturated carbocycles. The molecule has 4 rings (SSSR count). The van der Waals surface area contributed by atoms with Crippen LogP contribution in [0.15, 0.2) is 60.1 Å². The van der Waals surface area contributed by atoms with Crippen LogP contribution in [0, 0.1) is 0 Å². The van der Waals surface area contributed by atoms with Gasteiger partial charge in [-0.2, -0.15) is 4.99 Å². The summed E-state index contributed by atoms with van der Waals surface area (Å²) in [6.07, 6.45) is 0.989. The van der Waals surface area contributed by atoms with Crippen LogP contribution in [0.25, 0.3) is 10.2 Å². The Morgan fingerprint density at radius 2 is 2.15 bits per heavy atom. The normalized spacial score (nSPS) is 16.3. The number of benzene rings is 2. The van der Waals surface area contributed by atoms with Crippen molar-refractivity contribution in [2.24, 2.45) is 4.99 Å². The van der Waals surface area contributed by atoms with E-state index in [1.165, 1.54) is 11.3 Å². The van der Waals surface area contributed by atoms with Gasteiger partial charge in [0.15, 0.2) is 16.3 Å². The average Bonchev–Trinajstić information content (AvgIpc) is 3.05. The minimum absolute atomic E-state index is 0.134. The highest BCUT2D eigenvalue weighted by molar-refractivity contribution is 7.16. The quantitative estimate of drug-likeness (QED) is 0.651. The second kappa shape index (κ2) is 7.28. The summed E-state index contributed by atoms with van der Waals surface area (Å²) in [5.74, 6) is 1.53. The molecule has 1 aliphatic heterocycles. The van der Waals surface area contributed by atoms with E-state index in [1.807, 2.05) is 41.0 Å². The lowest BCUT2D eigenvalue weighted by molar-refractivity contribution is -0.127. The van der Waals surface area contributed by atoms with E-state index in [9.17, 15) is 4.79 Å². The third-order valence-corrected chi connectivity index (χ3v) is 5.23. The molecule has 2 heterocycles. The van der Waals surface area contributed by atoms with E-state index >= 15 is 0 Å². The second-order valence-electron chi connectivity index (χ2n) is 5.91. The first-order chi connectivity index (χ1) is 13.2. The Labute approximate surface area is 159 Å². The Balaban J connectivity index is 1.73. The van der Waals surface area contributed by atoms with Crippen molar-refractivity contribution in [3.05, 3.63) is 59.9 Å². The SMILES string of the molecule is C=CCn1c(=NC(=O)[C@@H]2COc3ccccc3O2)sc2cccc(OC)c21. The Morgan fingerprint density at radius 1 is 1.33 bits per heavy atom. The summed E-state index contributed by atoms with van der Waals surface area (Å²) in [6.45, 7) is 4.45. The zero-order chi connectivity index (χ0) is 18.8. The number of para-hydroxylation sites is 3. The summed E-state index contributed by atoms with van der Waals surface area (Å²) in [5.41, 5.74) is 0.891. The molecule has 0 radical (unpaired) electrons. The van der Waals surface area contributed by atoms with Gasteiger partial charge in [-0.1, -0.05) is 35.6 Å². The topological polar surface area (TPSA) is 62.1 Å². The predicted molar refractivity (Wildman–Crippen MR) is 103 cm³/mol. The fourth-order valence-corrected chi connectivity index (χ4v) is 4.02. The number of carbonyl (C=O) groups is 1. The van der Waals surface area contributed by atoms with Crippen LogP contribution in [0.1, 0.15) is 0 Å². The van der Waals surface area contributed by atoms with E-state index in [0.717, 1.165) is 16.0 Å².